The first kappa shape index (κ1) is 12.1. The lowest BCUT2D eigenvalue weighted by Crippen LogP contribution is -2.23. The van der Waals surface area contributed by atoms with Gasteiger partial charge in [-0.3, -0.25) is 9.78 Å². The fraction of sp³-hybridized carbons (Fsp3) is 0.0909. The van der Waals surface area contributed by atoms with Crippen molar-refractivity contribution in [3.63, 3.8) is 0 Å². The first-order chi connectivity index (χ1) is 8.16. The van der Waals surface area contributed by atoms with E-state index >= 15 is 0 Å². The molecule has 1 heterocycles. The minimum absolute atomic E-state index is 0.177. The molecule has 0 unspecified atom stereocenters. The van der Waals surface area contributed by atoms with Crippen LogP contribution in [0, 0.1) is 0 Å². The van der Waals surface area contributed by atoms with Gasteiger partial charge in [-0.2, -0.15) is 0 Å². The maximum absolute atomic E-state index is 11.8. The van der Waals surface area contributed by atoms with E-state index in [0.717, 1.165) is 9.35 Å². The zero-order chi connectivity index (χ0) is 12.3. The van der Waals surface area contributed by atoms with Gasteiger partial charge in [0.2, 0.25) is 0 Å². The Labute approximate surface area is 111 Å². The summed E-state index contributed by atoms with van der Waals surface area (Å²) >= 11 is 4.80. The van der Waals surface area contributed by atoms with Crippen LogP contribution < -0.4 is 11.1 Å². The summed E-state index contributed by atoms with van der Waals surface area (Å²) in [5.74, 6) is -0.177. The van der Waals surface area contributed by atoms with Crippen LogP contribution in [0.1, 0.15) is 15.2 Å². The van der Waals surface area contributed by atoms with Crippen molar-refractivity contribution >= 4 is 38.9 Å². The second kappa shape index (κ2) is 5.29. The van der Waals surface area contributed by atoms with E-state index in [-0.39, 0.29) is 5.91 Å². The molecule has 17 heavy (non-hydrogen) atoms. The molecule has 0 saturated carbocycles. The van der Waals surface area contributed by atoms with Crippen molar-refractivity contribution in [2.45, 2.75) is 6.54 Å². The zero-order valence-corrected chi connectivity index (χ0v) is 11.2. The van der Waals surface area contributed by atoms with E-state index in [0.29, 0.717) is 17.8 Å². The number of rotatable bonds is 3. The molecule has 0 spiro atoms. The van der Waals surface area contributed by atoms with Gasteiger partial charge < -0.3 is 11.1 Å². The highest BCUT2D eigenvalue weighted by molar-refractivity contribution is 9.10. The highest BCUT2D eigenvalue weighted by Gasteiger charge is 2.09. The number of carbonyl (C=O) groups is 1. The Morgan fingerprint density at radius 2 is 2.35 bits per heavy atom. The van der Waals surface area contributed by atoms with E-state index in [1.165, 1.54) is 11.3 Å². The third-order valence-electron chi connectivity index (χ3n) is 2.16. The minimum atomic E-state index is -0.177. The number of nitrogen functional groups attached to an aromatic ring is 1. The standard InChI is InChI=1S/C11H10BrN3OS/c12-7-1-2-9(10(13)3-7)11(16)15-5-8-4-14-6-17-8/h1-4,6H,5,13H2,(H,15,16). The maximum atomic E-state index is 11.8. The number of nitrogens with one attached hydrogen (secondary N) is 1. The molecule has 1 aromatic heterocycles. The second-order valence-corrected chi connectivity index (χ2v) is 5.27. The number of aromatic nitrogens is 1. The lowest BCUT2D eigenvalue weighted by Gasteiger charge is -2.06. The first-order valence-corrected chi connectivity index (χ1v) is 6.54. The molecule has 6 heteroatoms. The number of carbonyl (C=O) groups excluding carboxylic acids is 1. The molecule has 0 atom stereocenters. The first-order valence-electron chi connectivity index (χ1n) is 4.87. The summed E-state index contributed by atoms with van der Waals surface area (Å²) in [6, 6.07) is 5.20. The number of hydrogen-bond donors (Lipinski definition) is 2. The lowest BCUT2D eigenvalue weighted by molar-refractivity contribution is 0.0952. The molecule has 1 aromatic carbocycles. The number of benzene rings is 1. The Kier molecular flexibility index (Phi) is 3.75. The highest BCUT2D eigenvalue weighted by atomic mass is 79.9. The van der Waals surface area contributed by atoms with Gasteiger partial charge in [0, 0.05) is 21.2 Å². The van der Waals surface area contributed by atoms with Gasteiger partial charge in [0.1, 0.15) is 0 Å². The monoisotopic (exact) mass is 311 g/mol. The zero-order valence-electron chi connectivity index (χ0n) is 8.81. The van der Waals surface area contributed by atoms with Crippen LogP contribution in [0.2, 0.25) is 0 Å². The normalized spacial score (nSPS) is 10.2. The van der Waals surface area contributed by atoms with E-state index in [9.17, 15) is 4.79 Å². The Morgan fingerprint density at radius 1 is 1.53 bits per heavy atom. The summed E-state index contributed by atoms with van der Waals surface area (Å²) in [5, 5.41) is 2.80. The topological polar surface area (TPSA) is 68.0 Å². The predicted octanol–water partition coefficient (Wildman–Crippen LogP) is 2.42. The minimum Gasteiger partial charge on any atom is -0.398 e. The molecular weight excluding hydrogens is 302 g/mol. The van der Waals surface area contributed by atoms with Crippen molar-refractivity contribution in [3.8, 4) is 0 Å². The maximum Gasteiger partial charge on any atom is 0.253 e. The molecule has 0 fully saturated rings. The third kappa shape index (κ3) is 3.04. The average molecular weight is 312 g/mol. The average Bonchev–Trinajstić information content (AvgIpc) is 2.78. The van der Waals surface area contributed by atoms with E-state index in [1.807, 2.05) is 0 Å². The van der Waals surface area contributed by atoms with Gasteiger partial charge in [-0.25, -0.2) is 0 Å². The van der Waals surface area contributed by atoms with Crippen molar-refractivity contribution in [1.29, 1.82) is 0 Å². The summed E-state index contributed by atoms with van der Waals surface area (Å²) in [7, 11) is 0. The van der Waals surface area contributed by atoms with Gasteiger partial charge in [-0.15, -0.1) is 11.3 Å². The van der Waals surface area contributed by atoms with Crippen LogP contribution in [0.15, 0.2) is 34.4 Å². The Hall–Kier alpha value is -1.40. The van der Waals surface area contributed by atoms with Crippen LogP contribution in [-0.4, -0.2) is 10.9 Å². The Bertz CT molecular complexity index is 528. The number of anilines is 1. The van der Waals surface area contributed by atoms with Crippen LogP contribution in [0.4, 0.5) is 5.69 Å². The molecule has 2 rings (SSSR count). The molecule has 4 nitrogen and oxygen atoms in total. The number of thiazole rings is 1. The van der Waals surface area contributed by atoms with Crippen molar-refractivity contribution in [2.24, 2.45) is 0 Å². The van der Waals surface area contributed by atoms with Gasteiger partial charge in [0.05, 0.1) is 17.6 Å². The second-order valence-electron chi connectivity index (χ2n) is 3.38. The predicted molar refractivity (Wildman–Crippen MR) is 71.8 cm³/mol. The van der Waals surface area contributed by atoms with Crippen molar-refractivity contribution in [1.82, 2.24) is 10.3 Å². The fourth-order valence-corrected chi connectivity index (χ4v) is 2.25. The number of nitrogens with two attached hydrogens (primary N) is 1. The van der Waals surface area contributed by atoms with Crippen molar-refractivity contribution in [3.05, 3.63) is 44.8 Å². The fourth-order valence-electron chi connectivity index (χ4n) is 1.33. The van der Waals surface area contributed by atoms with Gasteiger partial charge in [-0.1, -0.05) is 15.9 Å². The summed E-state index contributed by atoms with van der Waals surface area (Å²) in [6.07, 6.45) is 1.73. The van der Waals surface area contributed by atoms with E-state index in [2.05, 4.69) is 26.2 Å². The third-order valence-corrected chi connectivity index (χ3v) is 3.44. The van der Waals surface area contributed by atoms with Crippen LogP contribution in [0.3, 0.4) is 0 Å². The van der Waals surface area contributed by atoms with Gasteiger partial charge in [0.25, 0.3) is 5.91 Å². The van der Waals surface area contributed by atoms with E-state index < -0.39 is 0 Å². The van der Waals surface area contributed by atoms with Crippen LogP contribution in [0.25, 0.3) is 0 Å². The molecule has 88 valence electrons. The smallest absolute Gasteiger partial charge is 0.253 e. The summed E-state index contributed by atoms with van der Waals surface area (Å²) in [4.78, 5) is 16.8. The number of halogens is 1. The van der Waals surface area contributed by atoms with Crippen molar-refractivity contribution < 1.29 is 4.79 Å². The van der Waals surface area contributed by atoms with Crippen LogP contribution in [0.5, 0.6) is 0 Å². The molecular formula is C11H10BrN3OS. The molecule has 0 saturated heterocycles. The van der Waals surface area contributed by atoms with Crippen molar-refractivity contribution in [2.75, 3.05) is 5.73 Å². The Balaban J connectivity index is 2.04. The molecule has 0 aliphatic carbocycles. The van der Waals surface area contributed by atoms with E-state index in [4.69, 9.17) is 5.73 Å². The number of hydrogen-bond acceptors (Lipinski definition) is 4. The lowest BCUT2D eigenvalue weighted by atomic mass is 10.1. The van der Waals surface area contributed by atoms with Gasteiger partial charge >= 0.3 is 0 Å². The number of nitrogens with zero attached hydrogens (tertiary/aromatic N) is 1. The summed E-state index contributed by atoms with van der Waals surface area (Å²) in [6.45, 7) is 0.471. The molecule has 3 N–H and O–H groups in total. The molecule has 0 bridgehead atoms. The van der Waals surface area contributed by atoms with Gasteiger partial charge in [-0.05, 0) is 18.2 Å². The molecule has 0 aliphatic heterocycles. The van der Waals surface area contributed by atoms with E-state index in [1.54, 1.807) is 29.9 Å². The molecule has 0 aliphatic rings. The largest absolute Gasteiger partial charge is 0.398 e. The molecule has 0 radical (unpaired) electrons. The molecule has 1 amide bonds. The highest BCUT2D eigenvalue weighted by Crippen LogP contribution is 2.18. The molecule has 2 aromatic rings. The summed E-state index contributed by atoms with van der Waals surface area (Å²) in [5.41, 5.74) is 8.45. The van der Waals surface area contributed by atoms with Crippen LogP contribution in [-0.2, 0) is 6.54 Å². The summed E-state index contributed by atoms with van der Waals surface area (Å²) < 4.78 is 0.856. The Morgan fingerprint density at radius 3 is 3.00 bits per heavy atom. The quantitative estimate of drug-likeness (QED) is 0.855. The van der Waals surface area contributed by atoms with Gasteiger partial charge in [0.15, 0.2) is 0 Å². The number of amides is 1. The van der Waals surface area contributed by atoms with Crippen LogP contribution >= 0.6 is 27.3 Å². The SMILES string of the molecule is Nc1cc(Br)ccc1C(=O)NCc1cncs1.